The van der Waals surface area contributed by atoms with Crippen molar-refractivity contribution in [3.05, 3.63) is 52.8 Å². The molecule has 106 valence electrons. The molecule has 0 aliphatic rings. The fraction of sp³-hybridized carbons (Fsp3) is 0.0833. The Morgan fingerprint density at radius 3 is 2.81 bits per heavy atom. The molecule has 0 atom stereocenters. The van der Waals surface area contributed by atoms with Gasteiger partial charge in [-0.2, -0.15) is 24.7 Å². The van der Waals surface area contributed by atoms with Crippen LogP contribution in [0.15, 0.2) is 36.9 Å². The predicted octanol–water partition coefficient (Wildman–Crippen LogP) is 2.37. The van der Waals surface area contributed by atoms with E-state index in [0.717, 1.165) is 5.56 Å². The van der Waals surface area contributed by atoms with E-state index in [-0.39, 0.29) is 5.28 Å². The van der Waals surface area contributed by atoms with Gasteiger partial charge in [-0.25, -0.2) is 4.98 Å². The summed E-state index contributed by atoms with van der Waals surface area (Å²) in [6.45, 7) is 0.512. The zero-order valence-corrected chi connectivity index (χ0v) is 12.1. The Morgan fingerprint density at radius 2 is 2.05 bits per heavy atom. The van der Waals surface area contributed by atoms with Crippen molar-refractivity contribution < 1.29 is 0 Å². The second-order valence-electron chi connectivity index (χ2n) is 4.05. The van der Waals surface area contributed by atoms with E-state index in [9.17, 15) is 0 Å². The highest BCUT2D eigenvalue weighted by Gasteiger charge is 2.07. The summed E-state index contributed by atoms with van der Waals surface area (Å²) in [6.07, 6.45) is 2.86. The molecule has 0 aliphatic carbocycles. The molecule has 0 amide bonds. The van der Waals surface area contributed by atoms with Crippen molar-refractivity contribution in [3.63, 3.8) is 0 Å². The number of benzene rings is 1. The number of nitrogens with zero attached hydrogens (tertiary/aromatic N) is 6. The second kappa shape index (κ2) is 6.02. The maximum absolute atomic E-state index is 5.94. The van der Waals surface area contributed by atoms with Gasteiger partial charge in [0.1, 0.15) is 12.7 Å². The summed E-state index contributed by atoms with van der Waals surface area (Å²) < 4.78 is 1.40. The molecule has 9 heteroatoms. The zero-order valence-electron chi connectivity index (χ0n) is 10.6. The van der Waals surface area contributed by atoms with Gasteiger partial charge in [0.15, 0.2) is 0 Å². The molecule has 0 saturated heterocycles. The van der Waals surface area contributed by atoms with Crippen molar-refractivity contribution in [2.75, 3.05) is 5.32 Å². The van der Waals surface area contributed by atoms with Gasteiger partial charge in [-0.15, -0.1) is 0 Å². The summed E-state index contributed by atoms with van der Waals surface area (Å²) in [5.74, 6) is 0.640. The van der Waals surface area contributed by atoms with Crippen molar-refractivity contribution in [1.82, 2.24) is 29.7 Å². The summed E-state index contributed by atoms with van der Waals surface area (Å²) >= 11 is 11.8. The molecule has 21 heavy (non-hydrogen) atoms. The van der Waals surface area contributed by atoms with E-state index in [1.54, 1.807) is 0 Å². The van der Waals surface area contributed by atoms with Gasteiger partial charge in [-0.1, -0.05) is 23.7 Å². The van der Waals surface area contributed by atoms with Gasteiger partial charge in [-0.3, -0.25) is 0 Å². The second-order valence-corrected chi connectivity index (χ2v) is 4.83. The smallest absolute Gasteiger partial charge is 0.258 e. The lowest BCUT2D eigenvalue weighted by Crippen LogP contribution is -2.09. The normalized spacial score (nSPS) is 10.6. The van der Waals surface area contributed by atoms with Crippen molar-refractivity contribution in [3.8, 4) is 5.95 Å². The van der Waals surface area contributed by atoms with Gasteiger partial charge >= 0.3 is 0 Å². The summed E-state index contributed by atoms with van der Waals surface area (Å²) in [4.78, 5) is 16.1. The minimum absolute atomic E-state index is 0.0732. The van der Waals surface area contributed by atoms with Gasteiger partial charge < -0.3 is 5.32 Å². The van der Waals surface area contributed by atoms with Crippen molar-refractivity contribution in [2.24, 2.45) is 0 Å². The summed E-state index contributed by atoms with van der Waals surface area (Å²) in [6, 6.07) is 7.49. The Bertz CT molecular complexity index is 745. The highest BCUT2D eigenvalue weighted by molar-refractivity contribution is 6.30. The molecule has 0 spiro atoms. The molecule has 0 bridgehead atoms. The Morgan fingerprint density at radius 1 is 1.14 bits per heavy atom. The molecule has 2 heterocycles. The first-order valence-electron chi connectivity index (χ1n) is 5.95. The lowest BCUT2D eigenvalue weighted by Gasteiger charge is -2.07. The van der Waals surface area contributed by atoms with Crippen LogP contribution in [0, 0.1) is 0 Å². The molecule has 0 saturated carbocycles. The number of anilines is 1. The van der Waals surface area contributed by atoms with E-state index in [4.69, 9.17) is 23.2 Å². The standard InChI is InChI=1S/C12H9Cl2N7/c13-9-3-1-2-8(4-9)5-16-11-18-10(14)19-12(20-11)21-7-15-6-17-21/h1-4,6-7H,5H2,(H,16,18,19,20). The van der Waals surface area contributed by atoms with Gasteiger partial charge in [-0.05, 0) is 29.3 Å². The maximum Gasteiger partial charge on any atom is 0.258 e. The van der Waals surface area contributed by atoms with Gasteiger partial charge in [0.05, 0.1) is 0 Å². The monoisotopic (exact) mass is 321 g/mol. The Balaban J connectivity index is 1.79. The van der Waals surface area contributed by atoms with Crippen LogP contribution in [0.1, 0.15) is 5.56 Å². The first-order valence-corrected chi connectivity index (χ1v) is 6.71. The van der Waals surface area contributed by atoms with Crippen LogP contribution in [0.3, 0.4) is 0 Å². The van der Waals surface area contributed by atoms with Crippen LogP contribution in [0.5, 0.6) is 0 Å². The summed E-state index contributed by atoms with van der Waals surface area (Å²) in [5.41, 5.74) is 1.00. The van der Waals surface area contributed by atoms with E-state index < -0.39 is 0 Å². The average Bonchev–Trinajstić information content (AvgIpc) is 2.99. The number of halogens is 2. The van der Waals surface area contributed by atoms with Crippen LogP contribution in [0.4, 0.5) is 5.95 Å². The Hall–Kier alpha value is -2.25. The molecule has 7 nitrogen and oxygen atoms in total. The number of rotatable bonds is 4. The van der Waals surface area contributed by atoms with Crippen LogP contribution in [0.2, 0.25) is 10.3 Å². The van der Waals surface area contributed by atoms with E-state index in [2.05, 4.69) is 30.4 Å². The van der Waals surface area contributed by atoms with E-state index in [1.165, 1.54) is 17.3 Å². The number of hydrogen-bond donors (Lipinski definition) is 1. The molecule has 3 rings (SSSR count). The third-order valence-electron chi connectivity index (χ3n) is 2.56. The minimum atomic E-state index is 0.0732. The van der Waals surface area contributed by atoms with Gasteiger partial charge in [0, 0.05) is 11.6 Å². The fourth-order valence-corrected chi connectivity index (χ4v) is 2.03. The van der Waals surface area contributed by atoms with E-state index >= 15 is 0 Å². The molecule has 1 N–H and O–H groups in total. The average molecular weight is 322 g/mol. The topological polar surface area (TPSA) is 81.4 Å². The minimum Gasteiger partial charge on any atom is -0.350 e. The SMILES string of the molecule is Clc1cccc(CNc2nc(Cl)nc(-n3cncn3)n2)c1. The van der Waals surface area contributed by atoms with Crippen molar-refractivity contribution >= 4 is 29.2 Å². The zero-order chi connectivity index (χ0) is 14.7. The third-order valence-corrected chi connectivity index (χ3v) is 2.96. The molecule has 1 aromatic carbocycles. The highest BCUT2D eigenvalue weighted by atomic mass is 35.5. The van der Waals surface area contributed by atoms with E-state index in [0.29, 0.717) is 23.5 Å². The van der Waals surface area contributed by atoms with Crippen LogP contribution >= 0.6 is 23.2 Å². The van der Waals surface area contributed by atoms with Crippen LogP contribution in [0.25, 0.3) is 5.95 Å². The quantitative estimate of drug-likeness (QED) is 0.794. The summed E-state index contributed by atoms with van der Waals surface area (Å²) in [7, 11) is 0. The highest BCUT2D eigenvalue weighted by Crippen LogP contribution is 2.13. The lowest BCUT2D eigenvalue weighted by molar-refractivity contribution is 0.793. The van der Waals surface area contributed by atoms with Crippen molar-refractivity contribution in [1.29, 1.82) is 0 Å². The van der Waals surface area contributed by atoms with E-state index in [1.807, 2.05) is 24.3 Å². The molecular weight excluding hydrogens is 313 g/mol. The first kappa shape index (κ1) is 13.7. The van der Waals surface area contributed by atoms with Crippen LogP contribution in [-0.4, -0.2) is 29.7 Å². The van der Waals surface area contributed by atoms with Gasteiger partial charge in [0.25, 0.3) is 5.95 Å². The molecule has 0 aliphatic heterocycles. The molecule has 2 aromatic heterocycles. The largest absolute Gasteiger partial charge is 0.350 e. The van der Waals surface area contributed by atoms with Gasteiger partial charge in [0.2, 0.25) is 11.2 Å². The lowest BCUT2D eigenvalue weighted by atomic mass is 10.2. The van der Waals surface area contributed by atoms with Crippen LogP contribution < -0.4 is 5.32 Å². The molecule has 3 aromatic rings. The molecular formula is C12H9Cl2N7. The maximum atomic E-state index is 5.94. The molecule has 0 radical (unpaired) electrons. The number of hydrogen-bond acceptors (Lipinski definition) is 6. The van der Waals surface area contributed by atoms with Crippen LogP contribution in [-0.2, 0) is 6.54 Å². The van der Waals surface area contributed by atoms with Crippen molar-refractivity contribution in [2.45, 2.75) is 6.54 Å². The third kappa shape index (κ3) is 3.45. The number of nitrogens with one attached hydrogen (secondary N) is 1. The Kier molecular flexibility index (Phi) is 3.94. The predicted molar refractivity (Wildman–Crippen MR) is 78.5 cm³/mol. The number of aromatic nitrogens is 6. The summed E-state index contributed by atoms with van der Waals surface area (Å²) in [5, 5.41) is 7.76. The first-order chi connectivity index (χ1) is 10.2. The fourth-order valence-electron chi connectivity index (χ4n) is 1.66. The molecule has 0 fully saturated rings. The Labute approximate surface area is 130 Å². The molecule has 0 unspecified atom stereocenters.